The minimum absolute atomic E-state index is 0.0412. The molecule has 1 fully saturated rings. The molecule has 1 amide bonds. The molecule has 0 saturated carbocycles. The van der Waals surface area contributed by atoms with E-state index in [1.807, 2.05) is 49.4 Å². The van der Waals surface area contributed by atoms with E-state index >= 15 is 0 Å². The van der Waals surface area contributed by atoms with E-state index in [1.54, 1.807) is 12.1 Å². The lowest BCUT2D eigenvalue weighted by Crippen LogP contribution is -2.41. The predicted octanol–water partition coefficient (Wildman–Crippen LogP) is 3.29. The molecule has 0 atom stereocenters. The smallest absolute Gasteiger partial charge is 0.243 e. The van der Waals surface area contributed by atoms with Crippen LogP contribution < -0.4 is 5.32 Å². The first-order chi connectivity index (χ1) is 12.5. The third-order valence-electron chi connectivity index (χ3n) is 4.84. The maximum atomic E-state index is 12.8. The van der Waals surface area contributed by atoms with Crippen LogP contribution in [0, 0.1) is 5.92 Å². The lowest BCUT2D eigenvalue weighted by Gasteiger charge is -2.30. The van der Waals surface area contributed by atoms with Crippen LogP contribution in [0.5, 0.6) is 0 Å². The standard InChI is InChI=1S/C20H24N2O3S/c1-2-16-8-10-19(11-9-16)26(24,25)22-14-12-17(13-15-22)20(23)21-18-6-4-3-5-7-18/h3-11,17H,2,12-15H2,1H3,(H,21,23). The zero-order chi connectivity index (χ0) is 18.6. The number of carbonyl (C=O) groups is 1. The average Bonchev–Trinajstić information content (AvgIpc) is 2.69. The Morgan fingerprint density at radius 1 is 1.04 bits per heavy atom. The quantitative estimate of drug-likeness (QED) is 0.876. The number of nitrogens with one attached hydrogen (secondary N) is 1. The lowest BCUT2D eigenvalue weighted by atomic mass is 9.97. The van der Waals surface area contributed by atoms with Crippen LogP contribution in [0.1, 0.15) is 25.3 Å². The number of piperidine rings is 1. The van der Waals surface area contributed by atoms with Gasteiger partial charge in [-0.15, -0.1) is 0 Å². The van der Waals surface area contributed by atoms with Gasteiger partial charge in [0.2, 0.25) is 15.9 Å². The molecule has 2 aromatic carbocycles. The van der Waals surface area contributed by atoms with Crippen molar-refractivity contribution in [2.24, 2.45) is 5.92 Å². The molecule has 0 unspecified atom stereocenters. The maximum absolute atomic E-state index is 12.8. The van der Waals surface area contributed by atoms with Gasteiger partial charge >= 0.3 is 0 Å². The number of carbonyl (C=O) groups excluding carboxylic acids is 1. The Labute approximate surface area is 155 Å². The van der Waals surface area contributed by atoms with E-state index in [0.29, 0.717) is 30.8 Å². The maximum Gasteiger partial charge on any atom is 0.243 e. The fourth-order valence-corrected chi connectivity index (χ4v) is 4.64. The Kier molecular flexibility index (Phi) is 5.74. The Bertz CT molecular complexity index is 840. The molecule has 0 radical (unpaired) electrons. The molecule has 3 rings (SSSR count). The highest BCUT2D eigenvalue weighted by atomic mass is 32.2. The molecule has 1 N–H and O–H groups in total. The van der Waals surface area contributed by atoms with Crippen molar-refractivity contribution in [3.8, 4) is 0 Å². The van der Waals surface area contributed by atoms with Crippen molar-refractivity contribution < 1.29 is 13.2 Å². The number of nitrogens with zero attached hydrogens (tertiary/aromatic N) is 1. The number of sulfonamides is 1. The summed E-state index contributed by atoms with van der Waals surface area (Å²) in [5.41, 5.74) is 1.88. The fraction of sp³-hybridized carbons (Fsp3) is 0.350. The van der Waals surface area contributed by atoms with Crippen molar-refractivity contribution >= 4 is 21.6 Å². The molecule has 0 aromatic heterocycles. The van der Waals surface area contributed by atoms with E-state index in [9.17, 15) is 13.2 Å². The lowest BCUT2D eigenvalue weighted by molar-refractivity contribution is -0.120. The average molecular weight is 372 g/mol. The minimum atomic E-state index is -3.49. The monoisotopic (exact) mass is 372 g/mol. The van der Waals surface area contributed by atoms with Crippen LogP contribution in [0.2, 0.25) is 0 Å². The highest BCUT2D eigenvalue weighted by Crippen LogP contribution is 2.25. The van der Waals surface area contributed by atoms with Gasteiger partial charge in [-0.1, -0.05) is 37.3 Å². The van der Waals surface area contributed by atoms with E-state index in [1.165, 1.54) is 4.31 Å². The van der Waals surface area contributed by atoms with Crippen LogP contribution >= 0.6 is 0 Å². The number of benzene rings is 2. The summed E-state index contributed by atoms with van der Waals surface area (Å²) < 4.78 is 27.0. The first kappa shape index (κ1) is 18.6. The Morgan fingerprint density at radius 2 is 1.65 bits per heavy atom. The summed E-state index contributed by atoms with van der Waals surface area (Å²) in [6, 6.07) is 16.4. The van der Waals surface area contributed by atoms with Gasteiger partial charge in [-0.25, -0.2) is 8.42 Å². The van der Waals surface area contributed by atoms with E-state index in [2.05, 4.69) is 5.32 Å². The summed E-state index contributed by atoms with van der Waals surface area (Å²) in [5.74, 6) is -0.204. The van der Waals surface area contributed by atoms with E-state index < -0.39 is 10.0 Å². The van der Waals surface area contributed by atoms with Gasteiger partial charge in [-0.2, -0.15) is 4.31 Å². The molecule has 0 spiro atoms. The van der Waals surface area contributed by atoms with Gasteiger partial charge < -0.3 is 5.32 Å². The molecular formula is C20H24N2O3S. The van der Waals surface area contributed by atoms with Gasteiger partial charge in [-0.3, -0.25) is 4.79 Å². The van der Waals surface area contributed by atoms with Gasteiger partial charge in [-0.05, 0) is 49.1 Å². The number of hydrogen-bond donors (Lipinski definition) is 1. The van der Waals surface area contributed by atoms with Crippen LogP contribution in [-0.4, -0.2) is 31.7 Å². The van der Waals surface area contributed by atoms with Gasteiger partial charge in [0.25, 0.3) is 0 Å². The topological polar surface area (TPSA) is 66.5 Å². The van der Waals surface area contributed by atoms with E-state index in [0.717, 1.165) is 17.7 Å². The molecule has 0 bridgehead atoms. The van der Waals surface area contributed by atoms with E-state index in [4.69, 9.17) is 0 Å². The zero-order valence-electron chi connectivity index (χ0n) is 14.9. The minimum Gasteiger partial charge on any atom is -0.326 e. The molecule has 2 aromatic rings. The normalized spacial score (nSPS) is 16.3. The summed E-state index contributed by atoms with van der Waals surface area (Å²) in [7, 11) is -3.49. The van der Waals surface area contributed by atoms with Crippen LogP contribution in [0.3, 0.4) is 0 Å². The first-order valence-corrected chi connectivity index (χ1v) is 10.4. The largest absolute Gasteiger partial charge is 0.326 e. The molecule has 1 heterocycles. The molecule has 1 saturated heterocycles. The molecule has 26 heavy (non-hydrogen) atoms. The van der Waals surface area contributed by atoms with Crippen LogP contribution in [0.4, 0.5) is 5.69 Å². The second-order valence-electron chi connectivity index (χ2n) is 6.53. The fourth-order valence-electron chi connectivity index (χ4n) is 3.17. The summed E-state index contributed by atoms with van der Waals surface area (Å²) in [5, 5.41) is 2.90. The van der Waals surface area contributed by atoms with Crippen molar-refractivity contribution in [3.63, 3.8) is 0 Å². The van der Waals surface area contributed by atoms with Gasteiger partial charge in [0.1, 0.15) is 0 Å². The van der Waals surface area contributed by atoms with Crippen molar-refractivity contribution in [2.75, 3.05) is 18.4 Å². The number of rotatable bonds is 5. The Morgan fingerprint density at radius 3 is 2.23 bits per heavy atom. The number of anilines is 1. The van der Waals surface area contributed by atoms with Crippen molar-refractivity contribution in [3.05, 3.63) is 60.2 Å². The Hall–Kier alpha value is -2.18. The first-order valence-electron chi connectivity index (χ1n) is 8.95. The van der Waals surface area contributed by atoms with Gasteiger partial charge in [0.15, 0.2) is 0 Å². The summed E-state index contributed by atoms with van der Waals surface area (Å²) in [6.45, 7) is 2.77. The van der Waals surface area contributed by atoms with Crippen LogP contribution in [0.15, 0.2) is 59.5 Å². The summed E-state index contributed by atoms with van der Waals surface area (Å²) in [4.78, 5) is 12.7. The van der Waals surface area contributed by atoms with Crippen molar-refractivity contribution in [2.45, 2.75) is 31.1 Å². The molecule has 1 aliphatic heterocycles. The van der Waals surface area contributed by atoms with E-state index in [-0.39, 0.29) is 11.8 Å². The number of aryl methyl sites for hydroxylation is 1. The number of para-hydroxylation sites is 1. The zero-order valence-corrected chi connectivity index (χ0v) is 15.7. The molecule has 1 aliphatic rings. The number of hydrogen-bond acceptors (Lipinski definition) is 3. The summed E-state index contributed by atoms with van der Waals surface area (Å²) in [6.07, 6.45) is 1.94. The second kappa shape index (κ2) is 8.01. The second-order valence-corrected chi connectivity index (χ2v) is 8.47. The predicted molar refractivity (Wildman–Crippen MR) is 102 cm³/mol. The third kappa shape index (κ3) is 4.14. The Balaban J connectivity index is 1.61. The number of amides is 1. The van der Waals surface area contributed by atoms with Gasteiger partial charge in [0, 0.05) is 24.7 Å². The molecular weight excluding hydrogens is 348 g/mol. The van der Waals surface area contributed by atoms with Crippen LogP contribution in [-0.2, 0) is 21.2 Å². The van der Waals surface area contributed by atoms with Crippen molar-refractivity contribution in [1.29, 1.82) is 0 Å². The third-order valence-corrected chi connectivity index (χ3v) is 6.75. The molecule has 5 nitrogen and oxygen atoms in total. The highest BCUT2D eigenvalue weighted by Gasteiger charge is 2.32. The SMILES string of the molecule is CCc1ccc(S(=O)(=O)N2CCC(C(=O)Nc3ccccc3)CC2)cc1. The molecule has 6 heteroatoms. The van der Waals surface area contributed by atoms with Gasteiger partial charge in [0.05, 0.1) is 4.90 Å². The highest BCUT2D eigenvalue weighted by molar-refractivity contribution is 7.89. The summed E-state index contributed by atoms with van der Waals surface area (Å²) >= 11 is 0. The van der Waals surface area contributed by atoms with Crippen LogP contribution in [0.25, 0.3) is 0 Å². The van der Waals surface area contributed by atoms with Crippen molar-refractivity contribution in [1.82, 2.24) is 4.31 Å². The molecule has 0 aliphatic carbocycles. The molecule has 138 valence electrons.